The van der Waals surface area contributed by atoms with Gasteiger partial charge < -0.3 is 25.0 Å². The SMILES string of the molecule is CC(=O)NC(C)COc1ccc(-c2sc3ccccc3c2Cc2ccc(OCCN3CCCC3)cc2)cc1.O=C(O)C(=O)O. The van der Waals surface area contributed by atoms with Gasteiger partial charge in [-0.2, -0.15) is 0 Å². The summed E-state index contributed by atoms with van der Waals surface area (Å²) in [5.41, 5.74) is 3.81. The number of hydrogen-bond acceptors (Lipinski definition) is 7. The van der Waals surface area contributed by atoms with Gasteiger partial charge in [-0.1, -0.05) is 30.3 Å². The number of benzene rings is 3. The first-order valence-corrected chi connectivity index (χ1v) is 15.4. The Labute approximate surface area is 261 Å². The number of thiophene rings is 1. The molecule has 232 valence electrons. The fourth-order valence-electron chi connectivity index (χ4n) is 5.03. The molecule has 1 amide bonds. The van der Waals surface area contributed by atoms with Crippen molar-refractivity contribution < 1.29 is 34.1 Å². The molecule has 0 bridgehead atoms. The molecule has 0 aliphatic carbocycles. The number of carbonyl (C=O) groups excluding carboxylic acids is 1. The van der Waals surface area contributed by atoms with Gasteiger partial charge in [-0.25, -0.2) is 9.59 Å². The van der Waals surface area contributed by atoms with E-state index in [1.165, 1.54) is 64.5 Å². The number of nitrogens with zero attached hydrogens (tertiary/aromatic N) is 1. The van der Waals surface area contributed by atoms with Gasteiger partial charge in [0.05, 0.1) is 6.04 Å². The smallest absolute Gasteiger partial charge is 0.414 e. The Morgan fingerprint density at radius 1 is 0.886 bits per heavy atom. The molecular weight excluding hydrogens is 580 g/mol. The summed E-state index contributed by atoms with van der Waals surface area (Å²) in [6, 6.07) is 25.5. The van der Waals surface area contributed by atoms with E-state index in [2.05, 4.69) is 70.9 Å². The summed E-state index contributed by atoms with van der Waals surface area (Å²) in [7, 11) is 0. The Hall–Kier alpha value is -4.41. The second-order valence-corrected chi connectivity index (χ2v) is 11.7. The van der Waals surface area contributed by atoms with Crippen molar-refractivity contribution >= 4 is 39.3 Å². The molecule has 44 heavy (non-hydrogen) atoms. The lowest BCUT2D eigenvalue weighted by Crippen LogP contribution is -2.35. The summed E-state index contributed by atoms with van der Waals surface area (Å²) in [5, 5.41) is 18.9. The van der Waals surface area contributed by atoms with Crippen LogP contribution in [0.4, 0.5) is 0 Å². The molecule has 1 aliphatic rings. The first-order valence-electron chi connectivity index (χ1n) is 14.6. The number of carbonyl (C=O) groups is 3. The summed E-state index contributed by atoms with van der Waals surface area (Å²) in [6.07, 6.45) is 3.48. The highest BCUT2D eigenvalue weighted by molar-refractivity contribution is 7.22. The predicted octanol–water partition coefficient (Wildman–Crippen LogP) is 5.69. The second kappa shape index (κ2) is 15.9. The van der Waals surface area contributed by atoms with Crippen LogP contribution in [0, 0.1) is 0 Å². The van der Waals surface area contributed by atoms with E-state index >= 15 is 0 Å². The fourth-order valence-corrected chi connectivity index (χ4v) is 6.25. The molecule has 1 aromatic heterocycles. The molecule has 9 nitrogen and oxygen atoms in total. The van der Waals surface area contributed by atoms with Crippen LogP contribution in [-0.2, 0) is 20.8 Å². The maximum atomic E-state index is 11.2. The highest BCUT2D eigenvalue weighted by atomic mass is 32.1. The predicted molar refractivity (Wildman–Crippen MR) is 172 cm³/mol. The van der Waals surface area contributed by atoms with Crippen LogP contribution in [-0.4, -0.2) is 71.8 Å². The first-order chi connectivity index (χ1) is 21.2. The third-order valence-electron chi connectivity index (χ3n) is 7.13. The lowest BCUT2D eigenvalue weighted by molar-refractivity contribution is -0.159. The van der Waals surface area contributed by atoms with Crippen LogP contribution in [0.5, 0.6) is 11.5 Å². The van der Waals surface area contributed by atoms with Crippen LogP contribution < -0.4 is 14.8 Å². The summed E-state index contributed by atoms with van der Waals surface area (Å²) in [4.78, 5) is 33.2. The zero-order chi connectivity index (χ0) is 31.5. The number of nitrogens with one attached hydrogen (secondary N) is 1. The molecule has 0 spiro atoms. The molecule has 3 aromatic carbocycles. The highest BCUT2D eigenvalue weighted by Crippen LogP contribution is 2.40. The average molecular weight is 619 g/mol. The minimum atomic E-state index is -1.82. The molecule has 0 saturated carbocycles. The third-order valence-corrected chi connectivity index (χ3v) is 8.39. The molecular formula is C34H38N2O7S. The van der Waals surface area contributed by atoms with Gasteiger partial charge in [0.15, 0.2) is 0 Å². The molecule has 0 radical (unpaired) electrons. The van der Waals surface area contributed by atoms with Crippen molar-refractivity contribution in [2.24, 2.45) is 0 Å². The minimum Gasteiger partial charge on any atom is -0.492 e. The van der Waals surface area contributed by atoms with Gasteiger partial charge in [0.1, 0.15) is 24.7 Å². The van der Waals surface area contributed by atoms with Crippen LogP contribution in [0.25, 0.3) is 20.5 Å². The van der Waals surface area contributed by atoms with Crippen LogP contribution in [0.3, 0.4) is 0 Å². The number of carboxylic acid groups (broad SMARTS) is 2. The molecule has 4 aromatic rings. The maximum Gasteiger partial charge on any atom is 0.414 e. The fraction of sp³-hybridized carbons (Fsp3) is 0.324. The van der Waals surface area contributed by atoms with Gasteiger partial charge in [-0.3, -0.25) is 9.69 Å². The van der Waals surface area contributed by atoms with E-state index in [1.807, 2.05) is 30.4 Å². The summed E-state index contributed by atoms with van der Waals surface area (Å²) in [5.74, 6) is -1.96. The Balaban J connectivity index is 0.000000670. The number of ether oxygens (including phenoxy) is 2. The first kappa shape index (κ1) is 32.5. The number of hydrogen-bond donors (Lipinski definition) is 3. The van der Waals surface area contributed by atoms with Crippen molar-refractivity contribution in [1.82, 2.24) is 10.2 Å². The quantitative estimate of drug-likeness (QED) is 0.183. The van der Waals surface area contributed by atoms with Gasteiger partial charge in [-0.15, -0.1) is 11.3 Å². The van der Waals surface area contributed by atoms with E-state index in [-0.39, 0.29) is 11.9 Å². The van der Waals surface area contributed by atoms with Crippen molar-refractivity contribution in [3.8, 4) is 21.9 Å². The molecule has 5 rings (SSSR count). The Morgan fingerprint density at radius 2 is 1.50 bits per heavy atom. The lowest BCUT2D eigenvalue weighted by atomic mass is 9.99. The van der Waals surface area contributed by atoms with Crippen molar-refractivity contribution in [1.29, 1.82) is 0 Å². The third kappa shape index (κ3) is 9.55. The van der Waals surface area contributed by atoms with Gasteiger partial charge in [0.25, 0.3) is 0 Å². The van der Waals surface area contributed by atoms with Crippen LogP contribution in [0.1, 0.15) is 37.8 Å². The Kier molecular flexibility index (Phi) is 11.7. The number of aliphatic carboxylic acids is 2. The number of amides is 1. The second-order valence-electron chi connectivity index (χ2n) is 10.7. The zero-order valence-corrected chi connectivity index (χ0v) is 25.8. The molecule has 1 unspecified atom stereocenters. The molecule has 3 N–H and O–H groups in total. The highest BCUT2D eigenvalue weighted by Gasteiger charge is 2.15. The largest absolute Gasteiger partial charge is 0.492 e. The topological polar surface area (TPSA) is 125 Å². The average Bonchev–Trinajstić information content (AvgIpc) is 3.65. The van der Waals surface area contributed by atoms with Crippen LogP contribution >= 0.6 is 11.3 Å². The minimum absolute atomic E-state index is 0.0387. The molecule has 2 heterocycles. The van der Waals surface area contributed by atoms with E-state index in [4.69, 9.17) is 29.3 Å². The van der Waals surface area contributed by atoms with Gasteiger partial charge in [-0.05, 0) is 104 Å². The van der Waals surface area contributed by atoms with Crippen molar-refractivity contribution in [3.05, 3.63) is 83.9 Å². The van der Waals surface area contributed by atoms with Gasteiger partial charge >= 0.3 is 11.9 Å². The van der Waals surface area contributed by atoms with E-state index < -0.39 is 11.9 Å². The summed E-state index contributed by atoms with van der Waals surface area (Å²) < 4.78 is 13.2. The summed E-state index contributed by atoms with van der Waals surface area (Å²) >= 11 is 1.84. The number of rotatable bonds is 11. The van der Waals surface area contributed by atoms with Crippen molar-refractivity contribution in [3.63, 3.8) is 0 Å². The normalized spacial score (nSPS) is 13.5. The maximum absolute atomic E-state index is 11.2. The van der Waals surface area contributed by atoms with E-state index in [1.54, 1.807) is 0 Å². The molecule has 1 fully saturated rings. The van der Waals surface area contributed by atoms with Gasteiger partial charge in [0, 0.05) is 23.0 Å². The Bertz CT molecular complexity index is 1530. The molecule has 1 atom stereocenters. The summed E-state index contributed by atoms with van der Waals surface area (Å²) in [6.45, 7) is 8.04. The molecule has 1 aliphatic heterocycles. The van der Waals surface area contributed by atoms with Crippen molar-refractivity contribution in [2.75, 3.05) is 32.8 Å². The van der Waals surface area contributed by atoms with Crippen LogP contribution in [0.15, 0.2) is 72.8 Å². The standard InChI is InChI=1S/C32H36N2O3S.C2H2O4/c1-23(33-24(2)35)22-37-28-15-11-26(12-16-28)32-30(29-7-3-4-8-31(29)38-32)21-25-9-13-27(14-10-25)36-20-19-34-17-5-6-18-34;3-1(4)2(5)6/h3-4,7-16,23H,5-6,17-22H2,1-2H3,(H,33,35);(H,3,4)(H,5,6). The van der Waals surface area contributed by atoms with Crippen molar-refractivity contribution in [2.45, 2.75) is 39.2 Å². The molecule has 1 saturated heterocycles. The molecule has 10 heteroatoms. The monoisotopic (exact) mass is 618 g/mol. The van der Waals surface area contributed by atoms with Gasteiger partial charge in [0.2, 0.25) is 5.91 Å². The van der Waals surface area contributed by atoms with E-state index in [9.17, 15) is 4.79 Å². The Morgan fingerprint density at radius 3 is 2.14 bits per heavy atom. The van der Waals surface area contributed by atoms with E-state index in [0.717, 1.165) is 31.1 Å². The number of carboxylic acids is 2. The lowest BCUT2D eigenvalue weighted by Gasteiger charge is -2.15. The van der Waals surface area contributed by atoms with E-state index in [0.29, 0.717) is 6.61 Å². The van der Waals surface area contributed by atoms with Crippen LogP contribution in [0.2, 0.25) is 0 Å². The number of likely N-dealkylation sites (tertiary alicyclic amines) is 1. The zero-order valence-electron chi connectivity index (χ0n) is 25.0. The number of fused-ring (bicyclic) bond motifs is 1.